The number of benzene rings is 1. The van der Waals surface area contributed by atoms with Crippen molar-refractivity contribution in [2.24, 2.45) is 4.99 Å². The Morgan fingerprint density at radius 1 is 1.06 bits per heavy atom. The van der Waals surface area contributed by atoms with E-state index in [4.69, 9.17) is 22.1 Å². The molecule has 1 aliphatic heterocycles. The molecule has 2 fully saturated rings. The molecule has 1 aromatic carbocycles. The first-order valence-electron chi connectivity index (χ1n) is 12.5. The number of pyridine rings is 1. The van der Waals surface area contributed by atoms with Crippen molar-refractivity contribution >= 4 is 34.0 Å². The molecule has 0 atom stereocenters. The lowest BCUT2D eigenvalue weighted by molar-refractivity contribution is 0.170. The van der Waals surface area contributed by atoms with Crippen LogP contribution in [0.2, 0.25) is 0 Å². The van der Waals surface area contributed by atoms with Gasteiger partial charge in [-0.2, -0.15) is 0 Å². The van der Waals surface area contributed by atoms with Gasteiger partial charge in [-0.05, 0) is 51.2 Å². The van der Waals surface area contributed by atoms with Crippen molar-refractivity contribution in [2.75, 3.05) is 12.3 Å². The number of nitrogen functional groups attached to an aromatic ring is 1. The van der Waals surface area contributed by atoms with Gasteiger partial charge in [0, 0.05) is 46.2 Å². The molecule has 178 valence electrons. The van der Waals surface area contributed by atoms with Crippen LogP contribution in [0.1, 0.15) is 44.7 Å². The summed E-state index contributed by atoms with van der Waals surface area (Å²) >= 11 is 0. The van der Waals surface area contributed by atoms with E-state index in [9.17, 15) is 0 Å². The number of anilines is 1. The molecular weight excluding hydrogens is 446 g/mol. The molecular formula is C29H27N7. The Balaban J connectivity index is 1.44. The van der Waals surface area contributed by atoms with Gasteiger partial charge in [-0.3, -0.25) is 9.98 Å². The zero-order chi connectivity index (χ0) is 24.5. The number of hydrogen-bond donors (Lipinski definition) is 1. The van der Waals surface area contributed by atoms with E-state index < -0.39 is 0 Å². The lowest BCUT2D eigenvalue weighted by atomic mass is 9.89. The molecule has 2 N–H and O–H groups in total. The molecule has 2 bridgehead atoms. The van der Waals surface area contributed by atoms with Gasteiger partial charge < -0.3 is 15.2 Å². The van der Waals surface area contributed by atoms with Crippen LogP contribution in [-0.4, -0.2) is 42.7 Å². The van der Waals surface area contributed by atoms with E-state index in [1.165, 1.54) is 0 Å². The topological polar surface area (TPSA) is 85.2 Å². The second-order valence-corrected chi connectivity index (χ2v) is 10.4. The average molecular weight is 474 g/mol. The average Bonchev–Trinajstić information content (AvgIpc) is 3.58. The Bertz CT molecular complexity index is 1640. The van der Waals surface area contributed by atoms with Crippen LogP contribution >= 0.6 is 0 Å². The smallest absolute Gasteiger partial charge is 0.147 e. The molecule has 0 saturated heterocycles. The molecule has 2 aliphatic carbocycles. The van der Waals surface area contributed by atoms with Gasteiger partial charge in [-0.25, -0.2) is 9.97 Å². The Morgan fingerprint density at radius 3 is 2.67 bits per heavy atom. The number of hydrogen-bond acceptors (Lipinski definition) is 6. The maximum Gasteiger partial charge on any atom is 0.147 e. The number of rotatable bonds is 3. The maximum absolute atomic E-state index is 6.51. The molecule has 7 rings (SSSR count). The Morgan fingerprint density at radius 2 is 1.86 bits per heavy atom. The molecule has 7 heteroatoms. The van der Waals surface area contributed by atoms with E-state index in [0.717, 1.165) is 83.1 Å². The predicted octanol–water partition coefficient (Wildman–Crippen LogP) is 4.87. The summed E-state index contributed by atoms with van der Waals surface area (Å²) in [5, 5.41) is 1.88. The lowest BCUT2D eigenvalue weighted by Gasteiger charge is -2.39. The molecule has 4 heterocycles. The number of nitrogens with zero attached hydrogens (tertiary/aromatic N) is 6. The van der Waals surface area contributed by atoms with Gasteiger partial charge in [0.1, 0.15) is 23.5 Å². The largest absolute Gasteiger partial charge is 0.383 e. The van der Waals surface area contributed by atoms with Gasteiger partial charge in [-0.1, -0.05) is 24.1 Å². The number of nitrogens with two attached hydrogens (primary N) is 1. The van der Waals surface area contributed by atoms with Crippen molar-refractivity contribution in [1.29, 1.82) is 0 Å². The van der Waals surface area contributed by atoms with Gasteiger partial charge in [0.05, 0.1) is 23.1 Å². The Labute approximate surface area is 209 Å². The third-order valence-electron chi connectivity index (χ3n) is 8.56. The molecule has 0 radical (unpaired) electrons. The standard InChI is InChI=1S/C29H27N7/c1-3-23-24(21-14-20-6-4-5-7-22(20)32-15-21)25-26(30)33-18-34-27(25)36(23)29-10-8-28(17-29,9-11-29)35-13-12-31-19(2)16-35/h1,4-7,12,14-16,18H,8-11,13,17H2,2H3,(H2,30,33,34). The lowest BCUT2D eigenvalue weighted by Crippen LogP contribution is -2.44. The third kappa shape index (κ3) is 2.81. The van der Waals surface area contributed by atoms with E-state index >= 15 is 0 Å². The summed E-state index contributed by atoms with van der Waals surface area (Å²) in [6.07, 6.45) is 19.3. The molecule has 3 aromatic heterocycles. The highest BCUT2D eigenvalue weighted by Crippen LogP contribution is 2.59. The monoisotopic (exact) mass is 473 g/mol. The van der Waals surface area contributed by atoms with E-state index in [1.807, 2.05) is 30.6 Å². The van der Waals surface area contributed by atoms with Crippen molar-refractivity contribution < 1.29 is 0 Å². The van der Waals surface area contributed by atoms with Crippen molar-refractivity contribution in [3.8, 4) is 23.5 Å². The Kier molecular flexibility index (Phi) is 4.35. The third-order valence-corrected chi connectivity index (χ3v) is 8.56. The van der Waals surface area contributed by atoms with Crippen LogP contribution < -0.4 is 5.73 Å². The summed E-state index contributed by atoms with van der Waals surface area (Å²) in [5.74, 6) is 3.49. The second-order valence-electron chi connectivity index (χ2n) is 10.4. The van der Waals surface area contributed by atoms with Crippen molar-refractivity contribution in [2.45, 2.75) is 50.1 Å². The van der Waals surface area contributed by atoms with Crippen molar-refractivity contribution in [1.82, 2.24) is 24.4 Å². The summed E-state index contributed by atoms with van der Waals surface area (Å²) in [7, 11) is 0. The van der Waals surface area contributed by atoms with E-state index in [-0.39, 0.29) is 11.1 Å². The van der Waals surface area contributed by atoms with Crippen LogP contribution in [0.4, 0.5) is 5.82 Å². The fourth-order valence-corrected chi connectivity index (χ4v) is 6.98. The van der Waals surface area contributed by atoms with Gasteiger partial charge in [0.15, 0.2) is 0 Å². The highest BCUT2D eigenvalue weighted by atomic mass is 15.3. The molecule has 0 amide bonds. The number of aliphatic imine (C=N–C) groups is 1. The summed E-state index contributed by atoms with van der Waals surface area (Å²) in [5.41, 5.74) is 12.0. The highest BCUT2D eigenvalue weighted by Gasteiger charge is 2.58. The van der Waals surface area contributed by atoms with Crippen molar-refractivity contribution in [3.05, 3.63) is 60.4 Å². The predicted molar refractivity (Wildman–Crippen MR) is 143 cm³/mol. The minimum absolute atomic E-state index is 0.111. The number of allylic oxidation sites excluding steroid dienone is 1. The molecule has 0 spiro atoms. The SMILES string of the molecule is C#Cc1c(-c2cnc3ccccc3c2)c2c(N)ncnc2n1C12CCC(N3C=C(C)N=CC3)(CC1)C2. The minimum atomic E-state index is -0.111. The van der Waals surface area contributed by atoms with Gasteiger partial charge in [-0.15, -0.1) is 6.42 Å². The quantitative estimate of drug-likeness (QED) is 0.429. The molecule has 2 saturated carbocycles. The molecule has 4 aromatic rings. The summed E-state index contributed by atoms with van der Waals surface area (Å²) in [6, 6.07) is 10.2. The number of fused-ring (bicyclic) bond motifs is 4. The summed E-state index contributed by atoms with van der Waals surface area (Å²) < 4.78 is 2.33. The van der Waals surface area contributed by atoms with Crippen LogP contribution in [0.15, 0.2) is 59.7 Å². The second kappa shape index (κ2) is 7.41. The molecule has 36 heavy (non-hydrogen) atoms. The van der Waals surface area contributed by atoms with Crippen LogP contribution in [0, 0.1) is 12.3 Å². The minimum Gasteiger partial charge on any atom is -0.383 e. The van der Waals surface area contributed by atoms with Crippen LogP contribution in [-0.2, 0) is 5.54 Å². The number of terminal acetylenes is 1. The maximum atomic E-state index is 6.51. The number of aromatic nitrogens is 4. The Hall–Kier alpha value is -4.18. The van der Waals surface area contributed by atoms with E-state index in [2.05, 4.69) is 50.6 Å². The normalized spacial score (nSPS) is 25.0. The first-order valence-corrected chi connectivity index (χ1v) is 12.5. The fraction of sp³-hybridized carbons (Fsp3) is 0.310. The summed E-state index contributed by atoms with van der Waals surface area (Å²) in [6.45, 7) is 2.92. The molecule has 7 nitrogen and oxygen atoms in total. The first kappa shape index (κ1) is 21.1. The highest BCUT2D eigenvalue weighted by molar-refractivity contribution is 6.04. The zero-order valence-corrected chi connectivity index (χ0v) is 20.3. The van der Waals surface area contributed by atoms with Crippen LogP contribution in [0.25, 0.3) is 33.1 Å². The van der Waals surface area contributed by atoms with Crippen LogP contribution in [0.3, 0.4) is 0 Å². The fourth-order valence-electron chi connectivity index (χ4n) is 6.98. The van der Waals surface area contributed by atoms with Crippen molar-refractivity contribution in [3.63, 3.8) is 0 Å². The molecule has 0 unspecified atom stereocenters. The van der Waals surface area contributed by atoms with E-state index in [1.54, 1.807) is 6.33 Å². The zero-order valence-electron chi connectivity index (χ0n) is 20.3. The van der Waals surface area contributed by atoms with Gasteiger partial charge in [0.25, 0.3) is 0 Å². The van der Waals surface area contributed by atoms with Gasteiger partial charge in [0.2, 0.25) is 0 Å². The van der Waals surface area contributed by atoms with E-state index in [0.29, 0.717) is 5.82 Å². The first-order chi connectivity index (χ1) is 17.5. The summed E-state index contributed by atoms with van der Waals surface area (Å²) in [4.78, 5) is 20.8. The van der Waals surface area contributed by atoms with Crippen LogP contribution in [0.5, 0.6) is 0 Å². The molecule has 3 aliphatic rings. The van der Waals surface area contributed by atoms with Gasteiger partial charge >= 0.3 is 0 Å². The number of para-hydroxylation sites is 1.